The molecule has 0 bridgehead atoms. The first-order valence-electron chi connectivity index (χ1n) is 16.2. The number of rotatable bonds is 5. The Hall–Kier alpha value is -4.88. The molecule has 0 N–H and O–H groups in total. The maximum atomic E-state index is 15.0. The molecule has 14 heteroatoms. The van der Waals surface area contributed by atoms with Gasteiger partial charge < -0.3 is 9.80 Å². The normalized spacial score (nSPS) is 17.3. The molecule has 0 saturated carbocycles. The molecule has 2 saturated heterocycles. The van der Waals surface area contributed by atoms with Crippen LogP contribution >= 0.6 is 0 Å². The summed E-state index contributed by atoms with van der Waals surface area (Å²) in [6.45, 7) is 0.888. The van der Waals surface area contributed by atoms with Crippen LogP contribution in [-0.4, -0.2) is 57.8 Å². The van der Waals surface area contributed by atoms with Crippen LogP contribution in [0.5, 0.6) is 0 Å². The molecule has 0 atom stereocenters. The number of piperidine rings is 2. The number of likely N-dealkylation sites (tertiary alicyclic amines) is 2. The second-order valence-corrected chi connectivity index (χ2v) is 12.5. The number of benzene rings is 2. The van der Waals surface area contributed by atoms with Crippen molar-refractivity contribution in [2.24, 2.45) is 0 Å². The first kappa shape index (κ1) is 37.4. The number of amides is 2. The third-order valence-corrected chi connectivity index (χ3v) is 9.10. The molecule has 0 spiro atoms. The van der Waals surface area contributed by atoms with E-state index in [0.717, 1.165) is 36.4 Å². The zero-order chi connectivity index (χ0) is 36.9. The van der Waals surface area contributed by atoms with Crippen LogP contribution in [0.1, 0.15) is 64.1 Å². The average molecular weight is 719 g/mol. The number of carbonyl (C=O) groups is 2. The van der Waals surface area contributed by atoms with Crippen LogP contribution in [0.3, 0.4) is 0 Å². The number of halogens is 8. The number of hydrogen-bond acceptors (Lipinski definition) is 4. The molecule has 2 aromatic heterocycles. The monoisotopic (exact) mass is 718 g/mol. The van der Waals surface area contributed by atoms with Crippen molar-refractivity contribution in [3.8, 4) is 0 Å². The third-order valence-electron chi connectivity index (χ3n) is 9.10. The van der Waals surface area contributed by atoms with E-state index in [1.807, 2.05) is 0 Å². The Kier molecular flexibility index (Phi) is 11.1. The van der Waals surface area contributed by atoms with Crippen molar-refractivity contribution < 1.29 is 44.7 Å². The summed E-state index contributed by atoms with van der Waals surface area (Å²) in [6.07, 6.45) is -5.25. The fraction of sp³-hybridized carbons (Fsp3) is 0.351. The Labute approximate surface area is 289 Å². The van der Waals surface area contributed by atoms with E-state index in [9.17, 15) is 35.9 Å². The number of hydrogen-bond donors (Lipinski definition) is 0. The molecule has 270 valence electrons. The molecular formula is C37H34F8N4O2. The average Bonchev–Trinajstić information content (AvgIpc) is 3.12. The van der Waals surface area contributed by atoms with Gasteiger partial charge in [-0.2, -0.15) is 26.3 Å². The van der Waals surface area contributed by atoms with Crippen LogP contribution in [0.4, 0.5) is 35.1 Å². The molecule has 2 amide bonds. The second kappa shape index (κ2) is 15.2. The molecule has 6 rings (SSSR count). The van der Waals surface area contributed by atoms with Crippen LogP contribution in [-0.2, 0) is 34.9 Å². The Morgan fingerprint density at radius 1 is 0.588 bits per heavy atom. The first-order chi connectivity index (χ1) is 24.1. The van der Waals surface area contributed by atoms with Crippen molar-refractivity contribution in [3.63, 3.8) is 0 Å². The van der Waals surface area contributed by atoms with Gasteiger partial charge >= 0.3 is 12.4 Å². The topological polar surface area (TPSA) is 66.4 Å². The molecule has 0 unspecified atom stereocenters. The summed E-state index contributed by atoms with van der Waals surface area (Å²) in [6, 6.07) is 18.7. The van der Waals surface area contributed by atoms with Crippen LogP contribution in [0, 0.1) is 0 Å². The molecule has 4 aromatic rings. The summed E-state index contributed by atoms with van der Waals surface area (Å²) >= 11 is 0. The van der Waals surface area contributed by atoms with Gasteiger partial charge in [0.2, 0.25) is 5.91 Å². The SMILES string of the molecule is O=C(Cc1ccc(C(F)(F)F)cc1)N1CCC(F)(c2ccccn2)CC1.O=C(c1ccc(C(F)(F)F)cc1)N1CCC(F)(c2ccccn2)CC1. The minimum Gasteiger partial charge on any atom is -0.342 e. The van der Waals surface area contributed by atoms with Gasteiger partial charge in [0.1, 0.15) is 0 Å². The Balaban J connectivity index is 0.000000198. The lowest BCUT2D eigenvalue weighted by molar-refractivity contribution is -0.138. The van der Waals surface area contributed by atoms with Crippen molar-refractivity contribution in [2.45, 2.75) is 55.8 Å². The van der Waals surface area contributed by atoms with Crippen molar-refractivity contribution in [1.82, 2.24) is 19.8 Å². The van der Waals surface area contributed by atoms with Gasteiger partial charge in [-0.15, -0.1) is 0 Å². The predicted molar refractivity (Wildman–Crippen MR) is 172 cm³/mol. The van der Waals surface area contributed by atoms with Gasteiger partial charge in [0.25, 0.3) is 5.91 Å². The van der Waals surface area contributed by atoms with Gasteiger partial charge in [-0.05, 0) is 66.2 Å². The quantitative estimate of drug-likeness (QED) is 0.195. The molecule has 4 heterocycles. The number of carbonyl (C=O) groups excluding carboxylic acids is 2. The van der Waals surface area contributed by atoms with Gasteiger partial charge in [-0.1, -0.05) is 24.3 Å². The number of alkyl halides is 8. The highest BCUT2D eigenvalue weighted by molar-refractivity contribution is 5.94. The van der Waals surface area contributed by atoms with E-state index in [0.29, 0.717) is 17.0 Å². The molecule has 2 aromatic carbocycles. The maximum Gasteiger partial charge on any atom is 0.416 e. The Morgan fingerprint density at radius 3 is 1.39 bits per heavy atom. The second-order valence-electron chi connectivity index (χ2n) is 12.5. The molecule has 6 nitrogen and oxygen atoms in total. The number of aromatic nitrogens is 2. The summed E-state index contributed by atoms with van der Waals surface area (Å²) < 4.78 is 105. The summed E-state index contributed by atoms with van der Waals surface area (Å²) in [7, 11) is 0. The fourth-order valence-electron chi connectivity index (χ4n) is 6.03. The molecule has 0 aliphatic carbocycles. The molecule has 0 radical (unpaired) electrons. The van der Waals surface area contributed by atoms with Gasteiger partial charge in [0, 0.05) is 69.8 Å². The zero-order valence-corrected chi connectivity index (χ0v) is 27.2. The lowest BCUT2D eigenvalue weighted by atomic mass is 9.89. The van der Waals surface area contributed by atoms with Crippen molar-refractivity contribution in [1.29, 1.82) is 0 Å². The third kappa shape index (κ3) is 9.27. The van der Waals surface area contributed by atoms with Crippen LogP contribution in [0.25, 0.3) is 0 Å². The number of nitrogens with zero attached hydrogens (tertiary/aromatic N) is 4. The smallest absolute Gasteiger partial charge is 0.342 e. The Morgan fingerprint density at radius 2 is 1.00 bits per heavy atom. The minimum atomic E-state index is -4.44. The molecular weight excluding hydrogens is 684 g/mol. The first-order valence-corrected chi connectivity index (χ1v) is 16.2. The summed E-state index contributed by atoms with van der Waals surface area (Å²) in [5.41, 5.74) is -3.30. The van der Waals surface area contributed by atoms with Crippen LogP contribution in [0.15, 0.2) is 97.3 Å². The van der Waals surface area contributed by atoms with Gasteiger partial charge in [-0.25, -0.2) is 8.78 Å². The summed E-state index contributed by atoms with van der Waals surface area (Å²) in [4.78, 5) is 35.9. The van der Waals surface area contributed by atoms with E-state index in [-0.39, 0.29) is 69.8 Å². The predicted octanol–water partition coefficient (Wildman–Crippen LogP) is 8.33. The van der Waals surface area contributed by atoms with E-state index in [1.165, 1.54) is 23.2 Å². The van der Waals surface area contributed by atoms with Gasteiger partial charge in [0.15, 0.2) is 11.3 Å². The molecule has 2 fully saturated rings. The molecule has 2 aliphatic rings. The van der Waals surface area contributed by atoms with Gasteiger partial charge in [-0.3, -0.25) is 19.6 Å². The number of pyridine rings is 2. The highest BCUT2D eigenvalue weighted by Crippen LogP contribution is 2.37. The standard InChI is InChI=1S/C19H18F4N2O.C18H16F4N2O/c20-18(16-3-1-2-10-24-16)8-11-25(12-9-18)17(26)13-14-4-6-15(7-5-14)19(21,22)23;19-17(15-3-1-2-10-23-15)8-11-24(12-9-17)16(25)13-4-6-14(7-5-13)18(20,21)22/h1-7,10H,8-9,11-13H2;1-7,10H,8-9,11-12H2. The minimum absolute atomic E-state index is 0.00100. The van der Waals surface area contributed by atoms with Crippen LogP contribution < -0.4 is 0 Å². The van der Waals surface area contributed by atoms with Crippen LogP contribution in [0.2, 0.25) is 0 Å². The van der Waals surface area contributed by atoms with Crippen molar-refractivity contribution in [2.75, 3.05) is 26.2 Å². The molecule has 51 heavy (non-hydrogen) atoms. The van der Waals surface area contributed by atoms with E-state index in [2.05, 4.69) is 9.97 Å². The lowest BCUT2D eigenvalue weighted by Gasteiger charge is -2.36. The fourth-order valence-corrected chi connectivity index (χ4v) is 6.03. The highest BCUT2D eigenvalue weighted by Gasteiger charge is 2.40. The summed E-state index contributed by atoms with van der Waals surface area (Å²) in [5.74, 6) is -0.607. The summed E-state index contributed by atoms with van der Waals surface area (Å²) in [5, 5.41) is 0. The molecule has 2 aliphatic heterocycles. The van der Waals surface area contributed by atoms with Gasteiger partial charge in [0.05, 0.1) is 28.9 Å². The van der Waals surface area contributed by atoms with E-state index < -0.39 is 40.7 Å². The highest BCUT2D eigenvalue weighted by atomic mass is 19.4. The van der Waals surface area contributed by atoms with Crippen molar-refractivity contribution in [3.05, 3.63) is 131 Å². The largest absolute Gasteiger partial charge is 0.416 e. The van der Waals surface area contributed by atoms with E-state index in [4.69, 9.17) is 0 Å². The van der Waals surface area contributed by atoms with E-state index >= 15 is 8.78 Å². The Bertz CT molecular complexity index is 1750. The zero-order valence-electron chi connectivity index (χ0n) is 27.2. The maximum absolute atomic E-state index is 15.0. The lowest BCUT2D eigenvalue weighted by Crippen LogP contribution is -2.44. The van der Waals surface area contributed by atoms with Crippen molar-refractivity contribution >= 4 is 11.8 Å². The van der Waals surface area contributed by atoms with E-state index in [1.54, 1.807) is 47.5 Å².